The topological polar surface area (TPSA) is 65.5 Å². The monoisotopic (exact) mass is 325 g/mol. The number of carbonyl (C=O) groups is 1. The predicted molar refractivity (Wildman–Crippen MR) is 57.7 cm³/mol. The van der Waals surface area contributed by atoms with E-state index < -0.39 is 6.04 Å². The highest BCUT2D eigenvalue weighted by molar-refractivity contribution is 9.13. The van der Waals surface area contributed by atoms with Gasteiger partial charge in [-0.1, -0.05) is 0 Å². The van der Waals surface area contributed by atoms with Gasteiger partial charge in [-0.2, -0.15) is 0 Å². The van der Waals surface area contributed by atoms with Crippen molar-refractivity contribution < 1.29 is 13.9 Å². The molecule has 1 heterocycles. The zero-order valence-corrected chi connectivity index (χ0v) is 10.6. The van der Waals surface area contributed by atoms with Crippen LogP contribution in [-0.4, -0.2) is 13.1 Å². The maximum absolute atomic E-state index is 10.9. The number of rotatable bonds is 3. The lowest BCUT2D eigenvalue weighted by Crippen LogP contribution is -2.15. The SMILES string of the molecule is COC(=O)C[C@@H](N)c1cc(Br)c(Br)o1. The van der Waals surface area contributed by atoms with Crippen LogP contribution in [0.4, 0.5) is 0 Å². The third-order valence-electron chi connectivity index (χ3n) is 1.64. The van der Waals surface area contributed by atoms with E-state index in [9.17, 15) is 4.79 Å². The zero-order valence-electron chi connectivity index (χ0n) is 7.42. The minimum atomic E-state index is -0.481. The van der Waals surface area contributed by atoms with Gasteiger partial charge in [0.2, 0.25) is 0 Å². The summed E-state index contributed by atoms with van der Waals surface area (Å²) in [5.41, 5.74) is 5.72. The molecule has 0 aliphatic carbocycles. The van der Waals surface area contributed by atoms with Crippen molar-refractivity contribution in [3.8, 4) is 0 Å². The van der Waals surface area contributed by atoms with E-state index in [4.69, 9.17) is 10.2 Å². The molecule has 0 bridgehead atoms. The van der Waals surface area contributed by atoms with E-state index in [0.29, 0.717) is 10.4 Å². The molecule has 0 aliphatic heterocycles. The van der Waals surface area contributed by atoms with Crippen molar-refractivity contribution in [3.05, 3.63) is 21.0 Å². The predicted octanol–water partition coefficient (Wildman–Crippen LogP) is 2.37. The number of halogens is 2. The summed E-state index contributed by atoms with van der Waals surface area (Å²) in [6.07, 6.45) is 0.100. The molecule has 1 rings (SSSR count). The maximum atomic E-state index is 10.9. The smallest absolute Gasteiger partial charge is 0.307 e. The fourth-order valence-electron chi connectivity index (χ4n) is 0.910. The van der Waals surface area contributed by atoms with E-state index in [2.05, 4.69) is 36.6 Å². The summed E-state index contributed by atoms with van der Waals surface area (Å²) in [6, 6.07) is 1.24. The second-order valence-corrected chi connectivity index (χ2v) is 4.23. The van der Waals surface area contributed by atoms with Crippen molar-refractivity contribution in [2.45, 2.75) is 12.5 Å². The molecule has 0 spiro atoms. The molecule has 0 amide bonds. The minimum absolute atomic E-state index is 0.100. The summed E-state index contributed by atoms with van der Waals surface area (Å²) in [6.45, 7) is 0. The summed E-state index contributed by atoms with van der Waals surface area (Å²) in [5.74, 6) is 0.176. The Kier molecular flexibility index (Phi) is 4.15. The molecule has 1 aromatic rings. The minimum Gasteiger partial charge on any atom is -0.469 e. The van der Waals surface area contributed by atoms with Gasteiger partial charge in [0.25, 0.3) is 0 Å². The van der Waals surface area contributed by atoms with Crippen LogP contribution in [-0.2, 0) is 9.53 Å². The van der Waals surface area contributed by atoms with E-state index in [1.54, 1.807) is 6.07 Å². The molecular formula is C8H9Br2NO3. The van der Waals surface area contributed by atoms with Crippen LogP contribution in [0.2, 0.25) is 0 Å². The third kappa shape index (κ3) is 2.83. The molecule has 0 aromatic carbocycles. The van der Waals surface area contributed by atoms with E-state index >= 15 is 0 Å². The van der Waals surface area contributed by atoms with E-state index in [0.717, 1.165) is 4.47 Å². The van der Waals surface area contributed by atoms with Crippen LogP contribution in [0.5, 0.6) is 0 Å². The van der Waals surface area contributed by atoms with Crippen molar-refractivity contribution in [2.75, 3.05) is 7.11 Å². The van der Waals surface area contributed by atoms with Gasteiger partial charge in [0.1, 0.15) is 5.76 Å². The Bertz CT molecular complexity index is 318. The van der Waals surface area contributed by atoms with Gasteiger partial charge in [-0.3, -0.25) is 4.79 Å². The lowest BCUT2D eigenvalue weighted by molar-refractivity contribution is -0.141. The molecule has 4 nitrogen and oxygen atoms in total. The van der Waals surface area contributed by atoms with E-state index in [1.165, 1.54) is 7.11 Å². The van der Waals surface area contributed by atoms with Crippen molar-refractivity contribution in [3.63, 3.8) is 0 Å². The molecule has 14 heavy (non-hydrogen) atoms. The fraction of sp³-hybridized carbons (Fsp3) is 0.375. The Morgan fingerprint density at radius 3 is 2.79 bits per heavy atom. The Balaban J connectivity index is 2.69. The number of hydrogen-bond acceptors (Lipinski definition) is 4. The summed E-state index contributed by atoms with van der Waals surface area (Å²) in [7, 11) is 1.32. The number of ether oxygens (including phenoxy) is 1. The van der Waals surface area contributed by atoms with Crippen molar-refractivity contribution in [2.24, 2.45) is 5.73 Å². The highest BCUT2D eigenvalue weighted by Crippen LogP contribution is 2.30. The van der Waals surface area contributed by atoms with Crippen molar-refractivity contribution in [1.82, 2.24) is 0 Å². The molecule has 0 aliphatic rings. The lowest BCUT2D eigenvalue weighted by Gasteiger charge is -2.05. The molecule has 0 fully saturated rings. The standard InChI is InChI=1S/C8H9Br2NO3/c1-13-7(12)3-5(11)6-2-4(9)8(10)14-6/h2,5H,3,11H2,1H3/t5-/m1/s1. The number of furan rings is 1. The lowest BCUT2D eigenvalue weighted by atomic mass is 10.2. The molecule has 0 unspecified atom stereocenters. The Labute approximate surface area is 98.0 Å². The second kappa shape index (κ2) is 4.95. The quantitative estimate of drug-likeness (QED) is 0.866. The van der Waals surface area contributed by atoms with Crippen LogP contribution in [0.3, 0.4) is 0 Å². The van der Waals surface area contributed by atoms with Gasteiger partial charge in [-0.25, -0.2) is 0 Å². The average molecular weight is 327 g/mol. The highest BCUT2D eigenvalue weighted by Gasteiger charge is 2.17. The van der Waals surface area contributed by atoms with Crippen molar-refractivity contribution in [1.29, 1.82) is 0 Å². The van der Waals surface area contributed by atoms with E-state index in [-0.39, 0.29) is 12.4 Å². The van der Waals surface area contributed by atoms with Crippen LogP contribution in [0.25, 0.3) is 0 Å². The Morgan fingerprint density at radius 1 is 1.71 bits per heavy atom. The highest BCUT2D eigenvalue weighted by atomic mass is 79.9. The van der Waals surface area contributed by atoms with Gasteiger partial charge in [0.15, 0.2) is 4.67 Å². The molecule has 1 aromatic heterocycles. The Morgan fingerprint density at radius 2 is 2.36 bits per heavy atom. The molecule has 2 N–H and O–H groups in total. The summed E-state index contributed by atoms with van der Waals surface area (Å²) < 4.78 is 11.1. The summed E-state index contributed by atoms with van der Waals surface area (Å²) >= 11 is 6.44. The third-order valence-corrected chi connectivity index (χ3v) is 3.35. The Hall–Kier alpha value is -0.330. The molecule has 78 valence electrons. The van der Waals surface area contributed by atoms with Gasteiger partial charge in [-0.15, -0.1) is 0 Å². The van der Waals surface area contributed by atoms with Gasteiger partial charge < -0.3 is 14.9 Å². The first-order chi connectivity index (χ1) is 6.54. The van der Waals surface area contributed by atoms with Gasteiger partial charge >= 0.3 is 5.97 Å². The summed E-state index contributed by atoms with van der Waals surface area (Å²) in [5, 5.41) is 0. The number of nitrogens with two attached hydrogens (primary N) is 1. The fourth-order valence-corrected chi connectivity index (χ4v) is 1.52. The number of hydrogen-bond donors (Lipinski definition) is 1. The largest absolute Gasteiger partial charge is 0.469 e. The van der Waals surface area contributed by atoms with Gasteiger partial charge in [-0.05, 0) is 37.9 Å². The molecule has 1 atom stereocenters. The van der Waals surface area contributed by atoms with Crippen LogP contribution < -0.4 is 5.73 Å². The van der Waals surface area contributed by atoms with Gasteiger partial charge in [0, 0.05) is 0 Å². The van der Waals surface area contributed by atoms with Crippen LogP contribution in [0.1, 0.15) is 18.2 Å². The van der Waals surface area contributed by atoms with Gasteiger partial charge in [0.05, 0.1) is 24.0 Å². The van der Waals surface area contributed by atoms with E-state index in [1.807, 2.05) is 0 Å². The first kappa shape index (κ1) is 11.7. The first-order valence-corrected chi connectivity index (χ1v) is 5.40. The van der Waals surface area contributed by atoms with Crippen molar-refractivity contribution >= 4 is 37.8 Å². The van der Waals surface area contributed by atoms with Crippen LogP contribution in [0, 0.1) is 0 Å². The number of carbonyl (C=O) groups excluding carboxylic acids is 1. The zero-order chi connectivity index (χ0) is 10.7. The molecule has 0 saturated carbocycles. The number of esters is 1. The second-order valence-electron chi connectivity index (χ2n) is 2.66. The number of methoxy groups -OCH3 is 1. The average Bonchev–Trinajstić information content (AvgIpc) is 2.47. The normalized spacial score (nSPS) is 12.6. The van der Waals surface area contributed by atoms with Crippen LogP contribution >= 0.6 is 31.9 Å². The molecular weight excluding hydrogens is 318 g/mol. The molecule has 6 heteroatoms. The maximum Gasteiger partial charge on any atom is 0.307 e. The first-order valence-electron chi connectivity index (χ1n) is 3.81. The molecule has 0 radical (unpaired) electrons. The molecule has 0 saturated heterocycles. The van der Waals surface area contributed by atoms with Crippen LogP contribution in [0.15, 0.2) is 19.6 Å². The summed E-state index contributed by atoms with van der Waals surface area (Å²) in [4.78, 5) is 10.9.